The minimum Gasteiger partial charge on any atom is -0.361 e. The number of rotatable bonds is 4. The normalized spacial score (nSPS) is 16.6. The second-order valence-corrected chi connectivity index (χ2v) is 6.78. The van der Waals surface area contributed by atoms with E-state index in [0.29, 0.717) is 6.54 Å². The molecule has 5 heteroatoms. The second-order valence-electron chi connectivity index (χ2n) is 5.86. The number of hydrogen-bond donors (Lipinski definition) is 1. The predicted molar refractivity (Wildman–Crippen MR) is 87.7 cm³/mol. The lowest BCUT2D eigenvalue weighted by Gasteiger charge is -2.10. The Kier molecular flexibility index (Phi) is 4.34. The molecule has 3 rings (SSSR count). The Hall–Kier alpha value is -1.62. The fourth-order valence-corrected chi connectivity index (χ4v) is 3.49. The highest BCUT2D eigenvalue weighted by Crippen LogP contribution is 2.29. The zero-order chi connectivity index (χ0) is 15.7. The first-order valence-corrected chi connectivity index (χ1v) is 8.30. The van der Waals surface area contributed by atoms with E-state index >= 15 is 0 Å². The van der Waals surface area contributed by atoms with E-state index in [-0.39, 0.29) is 11.8 Å². The minimum atomic E-state index is 0.0500. The van der Waals surface area contributed by atoms with E-state index in [4.69, 9.17) is 4.52 Å². The number of nitrogens with one attached hydrogen (secondary N) is 1. The number of nitrogens with zero attached hydrogens (tertiary/aromatic N) is 1. The van der Waals surface area contributed by atoms with Crippen molar-refractivity contribution >= 4 is 21.8 Å². The summed E-state index contributed by atoms with van der Waals surface area (Å²) in [5.74, 6) is 1.03. The lowest BCUT2D eigenvalue weighted by atomic mass is 10.1. The van der Waals surface area contributed by atoms with E-state index in [0.717, 1.165) is 40.8 Å². The second kappa shape index (κ2) is 6.24. The Balaban J connectivity index is 1.54. The average Bonchev–Trinajstić information content (AvgIpc) is 3.04. The molecular weight excluding hydrogens is 344 g/mol. The zero-order valence-corrected chi connectivity index (χ0v) is 14.4. The molecule has 1 aliphatic carbocycles. The van der Waals surface area contributed by atoms with Gasteiger partial charge >= 0.3 is 0 Å². The molecule has 1 heterocycles. The van der Waals surface area contributed by atoms with Gasteiger partial charge in [-0.25, -0.2) is 0 Å². The van der Waals surface area contributed by atoms with Crippen molar-refractivity contribution in [2.24, 2.45) is 5.92 Å². The van der Waals surface area contributed by atoms with Crippen molar-refractivity contribution in [1.29, 1.82) is 0 Å². The van der Waals surface area contributed by atoms with Gasteiger partial charge < -0.3 is 9.84 Å². The molecule has 0 bridgehead atoms. The summed E-state index contributed by atoms with van der Waals surface area (Å²) in [4.78, 5) is 12.3. The summed E-state index contributed by atoms with van der Waals surface area (Å²) in [6, 6.07) is 6.26. The molecule has 22 heavy (non-hydrogen) atoms. The molecular formula is C17H19BrN2O2. The fourth-order valence-electron chi connectivity index (χ4n) is 3.09. The largest absolute Gasteiger partial charge is 0.361 e. The molecule has 0 saturated carbocycles. The van der Waals surface area contributed by atoms with Crippen LogP contribution in [0.4, 0.5) is 0 Å². The maximum Gasteiger partial charge on any atom is 0.223 e. The van der Waals surface area contributed by atoms with Crippen LogP contribution in [0.3, 0.4) is 0 Å². The highest BCUT2D eigenvalue weighted by atomic mass is 79.9. The summed E-state index contributed by atoms with van der Waals surface area (Å²) in [6.07, 6.45) is 2.42. The number of fused-ring (bicyclic) bond motifs is 1. The maximum atomic E-state index is 12.3. The van der Waals surface area contributed by atoms with Crippen LogP contribution >= 0.6 is 15.9 Å². The van der Waals surface area contributed by atoms with Gasteiger partial charge in [-0.1, -0.05) is 27.2 Å². The molecule has 1 aromatic carbocycles. The van der Waals surface area contributed by atoms with Crippen molar-refractivity contribution in [2.45, 2.75) is 33.1 Å². The third kappa shape index (κ3) is 3.09. The van der Waals surface area contributed by atoms with Gasteiger partial charge in [0, 0.05) is 22.5 Å². The number of aromatic nitrogens is 1. The molecule has 1 aliphatic rings. The molecule has 1 N–H and O–H groups in total. The van der Waals surface area contributed by atoms with Crippen LogP contribution in [0.2, 0.25) is 0 Å². The number of carbonyl (C=O) groups is 1. The van der Waals surface area contributed by atoms with Crippen molar-refractivity contribution in [3.05, 3.63) is 50.8 Å². The molecule has 0 aliphatic heterocycles. The van der Waals surface area contributed by atoms with Gasteiger partial charge in [-0.15, -0.1) is 0 Å². The monoisotopic (exact) mass is 362 g/mol. The third-order valence-electron chi connectivity index (χ3n) is 4.33. The number of benzene rings is 1. The first-order valence-electron chi connectivity index (χ1n) is 7.51. The van der Waals surface area contributed by atoms with Crippen molar-refractivity contribution in [3.8, 4) is 0 Å². The van der Waals surface area contributed by atoms with Crippen LogP contribution in [0, 0.1) is 19.8 Å². The van der Waals surface area contributed by atoms with Crippen LogP contribution in [0.5, 0.6) is 0 Å². The van der Waals surface area contributed by atoms with Crippen LogP contribution in [-0.4, -0.2) is 17.6 Å². The zero-order valence-electron chi connectivity index (χ0n) is 12.8. The smallest absolute Gasteiger partial charge is 0.223 e. The van der Waals surface area contributed by atoms with Gasteiger partial charge in [0.25, 0.3) is 0 Å². The maximum absolute atomic E-state index is 12.3. The van der Waals surface area contributed by atoms with Gasteiger partial charge in [-0.3, -0.25) is 4.79 Å². The summed E-state index contributed by atoms with van der Waals surface area (Å²) >= 11 is 3.48. The van der Waals surface area contributed by atoms with Crippen molar-refractivity contribution < 1.29 is 9.32 Å². The average molecular weight is 363 g/mol. The molecule has 0 radical (unpaired) electrons. The number of aryl methyl sites for hydroxylation is 2. The minimum absolute atomic E-state index is 0.0500. The van der Waals surface area contributed by atoms with Gasteiger partial charge in [-0.2, -0.15) is 0 Å². The molecule has 1 unspecified atom stereocenters. The molecule has 1 atom stereocenters. The SMILES string of the molecule is Cc1noc(C)c1CCNC(=O)C1Cc2ccc(Br)cc2C1. The Bertz CT molecular complexity index is 689. The predicted octanol–water partition coefficient (Wildman–Crippen LogP) is 3.13. The Morgan fingerprint density at radius 1 is 1.36 bits per heavy atom. The van der Waals surface area contributed by atoms with E-state index in [9.17, 15) is 4.79 Å². The van der Waals surface area contributed by atoms with Gasteiger partial charge in [0.1, 0.15) is 5.76 Å². The Morgan fingerprint density at radius 2 is 2.14 bits per heavy atom. The van der Waals surface area contributed by atoms with E-state index in [2.05, 4.69) is 38.5 Å². The van der Waals surface area contributed by atoms with E-state index in [1.165, 1.54) is 11.1 Å². The van der Waals surface area contributed by atoms with Gasteiger partial charge in [0.2, 0.25) is 5.91 Å². The molecule has 4 nitrogen and oxygen atoms in total. The van der Waals surface area contributed by atoms with Gasteiger partial charge in [0.05, 0.1) is 5.69 Å². The van der Waals surface area contributed by atoms with Crippen LogP contribution in [0.15, 0.2) is 27.2 Å². The van der Waals surface area contributed by atoms with Crippen LogP contribution in [-0.2, 0) is 24.1 Å². The highest BCUT2D eigenvalue weighted by molar-refractivity contribution is 9.10. The van der Waals surface area contributed by atoms with E-state index in [1.54, 1.807) is 0 Å². The molecule has 0 fully saturated rings. The topological polar surface area (TPSA) is 55.1 Å². The molecule has 1 amide bonds. The summed E-state index contributed by atoms with van der Waals surface area (Å²) < 4.78 is 6.21. The number of halogens is 1. The molecule has 0 saturated heterocycles. The number of hydrogen-bond acceptors (Lipinski definition) is 3. The van der Waals surface area contributed by atoms with Gasteiger partial charge in [-0.05, 0) is 56.4 Å². The summed E-state index contributed by atoms with van der Waals surface area (Å²) in [5.41, 5.74) is 4.57. The Labute approximate surface area is 138 Å². The van der Waals surface area contributed by atoms with E-state index in [1.807, 2.05) is 19.9 Å². The summed E-state index contributed by atoms with van der Waals surface area (Å²) in [7, 11) is 0. The fraction of sp³-hybridized carbons (Fsp3) is 0.412. The highest BCUT2D eigenvalue weighted by Gasteiger charge is 2.27. The lowest BCUT2D eigenvalue weighted by molar-refractivity contribution is -0.124. The molecule has 116 valence electrons. The first-order chi connectivity index (χ1) is 10.5. The summed E-state index contributed by atoms with van der Waals surface area (Å²) in [5, 5.41) is 6.98. The number of amides is 1. The molecule has 0 spiro atoms. The quantitative estimate of drug-likeness (QED) is 0.908. The third-order valence-corrected chi connectivity index (χ3v) is 4.82. The standard InChI is InChI=1S/C17H19BrN2O2/c1-10-16(11(2)22-20-10)5-6-19-17(21)14-7-12-3-4-15(18)9-13(12)8-14/h3-4,9,14H,5-8H2,1-2H3,(H,19,21). The summed E-state index contributed by atoms with van der Waals surface area (Å²) in [6.45, 7) is 4.46. The van der Waals surface area contributed by atoms with Crippen molar-refractivity contribution in [1.82, 2.24) is 10.5 Å². The van der Waals surface area contributed by atoms with E-state index < -0.39 is 0 Å². The van der Waals surface area contributed by atoms with Crippen LogP contribution < -0.4 is 5.32 Å². The first kappa shape index (κ1) is 15.3. The molecule has 1 aromatic heterocycles. The van der Waals surface area contributed by atoms with Crippen LogP contribution in [0.25, 0.3) is 0 Å². The lowest BCUT2D eigenvalue weighted by Crippen LogP contribution is -2.32. The number of carbonyl (C=O) groups excluding carboxylic acids is 1. The van der Waals surface area contributed by atoms with Gasteiger partial charge in [0.15, 0.2) is 0 Å². The molecule has 2 aromatic rings. The van der Waals surface area contributed by atoms with Crippen molar-refractivity contribution in [2.75, 3.05) is 6.54 Å². The van der Waals surface area contributed by atoms with Crippen LogP contribution in [0.1, 0.15) is 28.1 Å². The Morgan fingerprint density at radius 3 is 2.86 bits per heavy atom. The van der Waals surface area contributed by atoms with Crippen molar-refractivity contribution in [3.63, 3.8) is 0 Å².